The Hall–Kier alpha value is -2.70. The van der Waals surface area contributed by atoms with Crippen LogP contribution in [0.3, 0.4) is 0 Å². The molecule has 1 aromatic heterocycles. The van der Waals surface area contributed by atoms with E-state index in [1.54, 1.807) is 48.5 Å². The summed E-state index contributed by atoms with van der Waals surface area (Å²) in [5.41, 5.74) is 0.732. The van der Waals surface area contributed by atoms with Gasteiger partial charge in [-0.15, -0.1) is 0 Å². The van der Waals surface area contributed by atoms with Crippen molar-refractivity contribution >= 4 is 11.0 Å². The minimum atomic E-state index is -4.52. The molecule has 126 valence electrons. The lowest BCUT2D eigenvalue weighted by molar-refractivity contribution is -0.147. The summed E-state index contributed by atoms with van der Waals surface area (Å²) in [7, 11) is 1.51. The first kappa shape index (κ1) is 16.2. The van der Waals surface area contributed by atoms with Crippen LogP contribution in [0.4, 0.5) is 13.2 Å². The summed E-state index contributed by atoms with van der Waals surface area (Å²) in [6.45, 7) is 0.0806. The number of nitrogens with zero attached hydrogens (tertiary/aromatic N) is 2. The molecule has 24 heavy (non-hydrogen) atoms. The standard InChI is InChI=1S/C17H15F3N2O2/c1-23-14-8-4-5-9-15(14)24-11-10-22-13-7-3-2-6-12(13)21-16(22)17(18,19)20/h2-9H,10-11H2,1H3. The second-order valence-electron chi connectivity index (χ2n) is 5.07. The molecule has 0 aliphatic carbocycles. The van der Waals surface area contributed by atoms with E-state index in [1.165, 1.54) is 7.11 Å². The smallest absolute Gasteiger partial charge is 0.449 e. The van der Waals surface area contributed by atoms with Crippen LogP contribution in [-0.2, 0) is 12.7 Å². The number of para-hydroxylation sites is 4. The Bertz CT molecular complexity index is 843. The van der Waals surface area contributed by atoms with Gasteiger partial charge in [-0.25, -0.2) is 4.98 Å². The van der Waals surface area contributed by atoms with E-state index in [1.807, 2.05) is 0 Å². The molecule has 0 saturated carbocycles. The van der Waals surface area contributed by atoms with E-state index in [4.69, 9.17) is 9.47 Å². The highest BCUT2D eigenvalue weighted by molar-refractivity contribution is 5.76. The van der Waals surface area contributed by atoms with Crippen molar-refractivity contribution in [2.24, 2.45) is 0 Å². The summed E-state index contributed by atoms with van der Waals surface area (Å²) in [5, 5.41) is 0. The molecule has 0 spiro atoms. The number of fused-ring (bicyclic) bond motifs is 1. The van der Waals surface area contributed by atoms with Crippen LogP contribution in [-0.4, -0.2) is 23.3 Å². The van der Waals surface area contributed by atoms with Gasteiger partial charge in [-0.3, -0.25) is 0 Å². The molecule has 0 aliphatic heterocycles. The summed E-state index contributed by atoms with van der Waals surface area (Å²) < 4.78 is 51.5. The van der Waals surface area contributed by atoms with Crippen LogP contribution in [0.2, 0.25) is 0 Å². The quantitative estimate of drug-likeness (QED) is 0.702. The maximum absolute atomic E-state index is 13.2. The van der Waals surface area contributed by atoms with Crippen LogP contribution in [0.25, 0.3) is 11.0 Å². The van der Waals surface area contributed by atoms with Gasteiger partial charge in [0.2, 0.25) is 5.82 Å². The van der Waals surface area contributed by atoms with Crippen LogP contribution in [0, 0.1) is 0 Å². The van der Waals surface area contributed by atoms with Gasteiger partial charge >= 0.3 is 6.18 Å². The van der Waals surface area contributed by atoms with E-state index in [-0.39, 0.29) is 13.2 Å². The van der Waals surface area contributed by atoms with Crippen molar-refractivity contribution < 1.29 is 22.6 Å². The van der Waals surface area contributed by atoms with Gasteiger partial charge in [0, 0.05) is 0 Å². The number of hydrogen-bond acceptors (Lipinski definition) is 3. The molecular formula is C17H15F3N2O2. The molecule has 0 N–H and O–H groups in total. The van der Waals surface area contributed by atoms with Gasteiger partial charge in [-0.2, -0.15) is 13.2 Å². The monoisotopic (exact) mass is 336 g/mol. The summed E-state index contributed by atoms with van der Waals surface area (Å²) in [4.78, 5) is 3.70. The van der Waals surface area contributed by atoms with E-state index in [0.29, 0.717) is 22.5 Å². The maximum Gasteiger partial charge on any atom is 0.449 e. The number of methoxy groups -OCH3 is 1. The zero-order valence-electron chi connectivity index (χ0n) is 12.9. The van der Waals surface area contributed by atoms with Crippen molar-refractivity contribution in [3.63, 3.8) is 0 Å². The Balaban J connectivity index is 1.84. The molecule has 0 radical (unpaired) electrons. The Labute approximate surface area is 136 Å². The Morgan fingerprint density at radius 2 is 1.67 bits per heavy atom. The highest BCUT2D eigenvalue weighted by Crippen LogP contribution is 2.31. The molecule has 4 nitrogen and oxygen atoms in total. The lowest BCUT2D eigenvalue weighted by Crippen LogP contribution is -2.18. The predicted molar refractivity (Wildman–Crippen MR) is 83.2 cm³/mol. The number of aromatic nitrogens is 2. The van der Waals surface area contributed by atoms with E-state index in [9.17, 15) is 13.2 Å². The average molecular weight is 336 g/mol. The van der Waals surface area contributed by atoms with Crippen molar-refractivity contribution in [2.75, 3.05) is 13.7 Å². The number of hydrogen-bond donors (Lipinski definition) is 0. The van der Waals surface area contributed by atoms with Crippen LogP contribution in [0.5, 0.6) is 11.5 Å². The minimum absolute atomic E-state index is 0.0212. The molecule has 7 heteroatoms. The molecule has 2 aromatic carbocycles. The molecule has 0 saturated heterocycles. The minimum Gasteiger partial charge on any atom is -0.493 e. The van der Waals surface area contributed by atoms with Crippen molar-refractivity contribution in [2.45, 2.75) is 12.7 Å². The number of ether oxygens (including phenoxy) is 2. The van der Waals surface area contributed by atoms with E-state index >= 15 is 0 Å². The van der Waals surface area contributed by atoms with Gasteiger partial charge in [0.15, 0.2) is 11.5 Å². The highest BCUT2D eigenvalue weighted by atomic mass is 19.4. The third-order valence-electron chi connectivity index (χ3n) is 3.55. The summed E-state index contributed by atoms with van der Waals surface area (Å²) in [6.07, 6.45) is -4.52. The summed E-state index contributed by atoms with van der Waals surface area (Å²) in [5.74, 6) is 0.0920. The lowest BCUT2D eigenvalue weighted by atomic mass is 10.3. The fourth-order valence-corrected chi connectivity index (χ4v) is 2.50. The van der Waals surface area contributed by atoms with Crippen LogP contribution >= 0.6 is 0 Å². The normalized spacial score (nSPS) is 11.7. The van der Waals surface area contributed by atoms with Crippen LogP contribution < -0.4 is 9.47 Å². The molecular weight excluding hydrogens is 321 g/mol. The van der Waals surface area contributed by atoms with Crippen molar-refractivity contribution in [3.05, 3.63) is 54.4 Å². The second kappa shape index (κ2) is 6.43. The largest absolute Gasteiger partial charge is 0.493 e. The number of halogens is 3. The number of rotatable bonds is 5. The third-order valence-corrected chi connectivity index (χ3v) is 3.55. The summed E-state index contributed by atoms with van der Waals surface area (Å²) >= 11 is 0. The zero-order chi connectivity index (χ0) is 17.2. The third kappa shape index (κ3) is 3.15. The zero-order valence-corrected chi connectivity index (χ0v) is 12.9. The Kier molecular flexibility index (Phi) is 4.33. The molecule has 0 aliphatic rings. The molecule has 3 aromatic rings. The Morgan fingerprint density at radius 1 is 1.00 bits per heavy atom. The molecule has 0 fully saturated rings. The van der Waals surface area contributed by atoms with Gasteiger partial charge < -0.3 is 14.0 Å². The number of imidazole rings is 1. The highest BCUT2D eigenvalue weighted by Gasteiger charge is 2.37. The topological polar surface area (TPSA) is 36.3 Å². The van der Waals surface area contributed by atoms with Crippen molar-refractivity contribution in [3.8, 4) is 11.5 Å². The summed E-state index contributed by atoms with van der Waals surface area (Å²) in [6, 6.07) is 13.5. The van der Waals surface area contributed by atoms with Gasteiger partial charge in [0.25, 0.3) is 0 Å². The molecule has 0 bridgehead atoms. The van der Waals surface area contributed by atoms with E-state index in [2.05, 4.69) is 4.98 Å². The predicted octanol–water partition coefficient (Wildman–Crippen LogP) is 4.14. The lowest BCUT2D eigenvalue weighted by Gasteiger charge is -2.13. The average Bonchev–Trinajstić information content (AvgIpc) is 2.94. The van der Waals surface area contributed by atoms with Crippen molar-refractivity contribution in [1.29, 1.82) is 0 Å². The second-order valence-corrected chi connectivity index (χ2v) is 5.07. The van der Waals surface area contributed by atoms with Gasteiger partial charge in [-0.05, 0) is 24.3 Å². The molecule has 3 rings (SSSR count). The van der Waals surface area contributed by atoms with E-state index in [0.717, 1.165) is 4.57 Å². The van der Waals surface area contributed by atoms with Gasteiger partial charge in [-0.1, -0.05) is 24.3 Å². The van der Waals surface area contributed by atoms with Crippen LogP contribution in [0.15, 0.2) is 48.5 Å². The first-order chi connectivity index (χ1) is 11.5. The van der Waals surface area contributed by atoms with E-state index < -0.39 is 12.0 Å². The molecule has 0 atom stereocenters. The first-order valence-electron chi connectivity index (χ1n) is 7.29. The van der Waals surface area contributed by atoms with Crippen LogP contribution in [0.1, 0.15) is 5.82 Å². The SMILES string of the molecule is COc1ccccc1OCCn1c(C(F)(F)F)nc2ccccc21. The molecule has 0 amide bonds. The van der Waals surface area contributed by atoms with Gasteiger partial charge in [0.05, 0.1) is 24.7 Å². The number of benzene rings is 2. The Morgan fingerprint density at radius 3 is 2.38 bits per heavy atom. The fourth-order valence-electron chi connectivity index (χ4n) is 2.50. The van der Waals surface area contributed by atoms with Crippen molar-refractivity contribution in [1.82, 2.24) is 9.55 Å². The first-order valence-corrected chi connectivity index (χ1v) is 7.29. The fraction of sp³-hybridized carbons (Fsp3) is 0.235. The number of alkyl halides is 3. The van der Waals surface area contributed by atoms with Gasteiger partial charge in [0.1, 0.15) is 6.61 Å². The molecule has 1 heterocycles. The molecule has 0 unspecified atom stereocenters. The maximum atomic E-state index is 13.2.